The van der Waals surface area contributed by atoms with Crippen molar-refractivity contribution in [3.8, 4) is 0 Å². The average Bonchev–Trinajstić information content (AvgIpc) is 2.36. The van der Waals surface area contributed by atoms with Crippen molar-refractivity contribution in [2.75, 3.05) is 0 Å². The molecular weight excluding hydrogens is 263 g/mol. The Labute approximate surface area is 117 Å². The van der Waals surface area contributed by atoms with Crippen LogP contribution in [0.2, 0.25) is 5.02 Å². The van der Waals surface area contributed by atoms with Crippen molar-refractivity contribution in [1.29, 1.82) is 0 Å². The Hall–Kier alpha value is -1.38. The lowest BCUT2D eigenvalue weighted by atomic mass is 9.99. The van der Waals surface area contributed by atoms with Crippen LogP contribution >= 0.6 is 11.6 Å². The minimum Gasteiger partial charge on any atom is -0.388 e. The van der Waals surface area contributed by atoms with Gasteiger partial charge in [-0.15, -0.1) is 0 Å². The molecule has 2 rings (SSSR count). The molecule has 0 amide bonds. The average molecular weight is 279 g/mol. The Kier molecular flexibility index (Phi) is 4.23. The number of hydrogen-bond acceptors (Lipinski definition) is 1. The first-order valence-electron chi connectivity index (χ1n) is 6.16. The van der Waals surface area contributed by atoms with Gasteiger partial charge in [0.2, 0.25) is 0 Å². The first kappa shape index (κ1) is 14.0. The zero-order valence-electron chi connectivity index (χ0n) is 11.0. The van der Waals surface area contributed by atoms with E-state index in [1.165, 1.54) is 11.6 Å². The lowest BCUT2D eigenvalue weighted by Gasteiger charge is -2.14. The molecule has 2 aromatic carbocycles. The number of hydrogen-bond donors (Lipinski definition) is 1. The van der Waals surface area contributed by atoms with Crippen molar-refractivity contribution in [1.82, 2.24) is 0 Å². The largest absolute Gasteiger partial charge is 0.388 e. The van der Waals surface area contributed by atoms with Crippen molar-refractivity contribution in [3.63, 3.8) is 0 Å². The van der Waals surface area contributed by atoms with Crippen LogP contribution in [0.1, 0.15) is 28.4 Å². The van der Waals surface area contributed by atoms with Crippen LogP contribution in [-0.4, -0.2) is 5.11 Å². The lowest BCUT2D eigenvalue weighted by Crippen LogP contribution is -2.04. The summed E-state index contributed by atoms with van der Waals surface area (Å²) in [5.41, 5.74) is 3.26. The summed E-state index contributed by atoms with van der Waals surface area (Å²) >= 11 is 5.99. The van der Waals surface area contributed by atoms with Gasteiger partial charge in [-0.05, 0) is 42.7 Å². The summed E-state index contributed by atoms with van der Waals surface area (Å²) in [6.45, 7) is 3.67. The second kappa shape index (κ2) is 5.72. The lowest BCUT2D eigenvalue weighted by molar-refractivity contribution is 0.178. The second-order valence-electron chi connectivity index (χ2n) is 4.83. The summed E-state index contributed by atoms with van der Waals surface area (Å²) < 4.78 is 13.3. The number of rotatable bonds is 3. The number of aliphatic hydroxyl groups is 1. The zero-order valence-corrected chi connectivity index (χ0v) is 11.7. The van der Waals surface area contributed by atoms with Gasteiger partial charge in [-0.2, -0.15) is 0 Å². The SMILES string of the molecule is Cc1ccc(CC(O)c2cc(C)c(F)cc2Cl)cc1. The third-order valence-corrected chi connectivity index (χ3v) is 3.51. The molecule has 1 N–H and O–H groups in total. The van der Waals surface area contributed by atoms with Crippen LogP contribution in [0.4, 0.5) is 4.39 Å². The summed E-state index contributed by atoms with van der Waals surface area (Å²) in [6.07, 6.45) is -0.264. The van der Waals surface area contributed by atoms with Gasteiger partial charge in [-0.3, -0.25) is 0 Å². The fourth-order valence-electron chi connectivity index (χ4n) is 1.99. The number of aliphatic hydroxyl groups excluding tert-OH is 1. The van der Waals surface area contributed by atoms with E-state index in [9.17, 15) is 9.50 Å². The van der Waals surface area contributed by atoms with Gasteiger partial charge in [-0.25, -0.2) is 4.39 Å². The molecule has 0 heterocycles. The van der Waals surface area contributed by atoms with Crippen LogP contribution in [0.5, 0.6) is 0 Å². The molecule has 0 saturated carbocycles. The molecule has 0 radical (unpaired) electrons. The molecule has 0 aliphatic rings. The molecule has 2 aromatic rings. The predicted molar refractivity (Wildman–Crippen MR) is 76.0 cm³/mol. The van der Waals surface area contributed by atoms with E-state index in [2.05, 4.69) is 0 Å². The van der Waals surface area contributed by atoms with Crippen molar-refractivity contribution >= 4 is 11.6 Å². The molecule has 0 aliphatic heterocycles. The third-order valence-electron chi connectivity index (χ3n) is 3.19. The first-order valence-corrected chi connectivity index (χ1v) is 6.54. The van der Waals surface area contributed by atoms with Gasteiger partial charge in [0, 0.05) is 11.4 Å². The van der Waals surface area contributed by atoms with Gasteiger partial charge < -0.3 is 5.11 Å². The summed E-state index contributed by atoms with van der Waals surface area (Å²) in [5, 5.41) is 10.5. The van der Waals surface area contributed by atoms with E-state index < -0.39 is 6.10 Å². The van der Waals surface area contributed by atoms with Gasteiger partial charge in [0.25, 0.3) is 0 Å². The molecule has 0 aliphatic carbocycles. The van der Waals surface area contributed by atoms with Gasteiger partial charge in [0.15, 0.2) is 0 Å². The molecule has 19 heavy (non-hydrogen) atoms. The minimum absolute atomic E-state index is 0.266. The molecular formula is C16H16ClFO. The Morgan fingerprint density at radius 2 is 1.79 bits per heavy atom. The van der Waals surface area contributed by atoms with Crippen LogP contribution in [-0.2, 0) is 6.42 Å². The normalized spacial score (nSPS) is 12.5. The highest BCUT2D eigenvalue weighted by Gasteiger charge is 2.14. The number of aryl methyl sites for hydroxylation is 2. The van der Waals surface area contributed by atoms with Gasteiger partial charge in [0.1, 0.15) is 5.82 Å². The molecule has 0 aromatic heterocycles. The van der Waals surface area contributed by atoms with Crippen molar-refractivity contribution < 1.29 is 9.50 Å². The Bertz CT molecular complexity index is 578. The van der Waals surface area contributed by atoms with Crippen LogP contribution in [0.3, 0.4) is 0 Å². The molecule has 0 bridgehead atoms. The van der Waals surface area contributed by atoms with Gasteiger partial charge in [0.05, 0.1) is 6.10 Å². The maximum atomic E-state index is 13.3. The molecule has 3 heteroatoms. The highest BCUT2D eigenvalue weighted by atomic mass is 35.5. The molecule has 0 saturated heterocycles. The van der Waals surface area contributed by atoms with Gasteiger partial charge >= 0.3 is 0 Å². The molecule has 100 valence electrons. The van der Waals surface area contributed by atoms with E-state index in [4.69, 9.17) is 11.6 Å². The molecule has 1 unspecified atom stereocenters. The monoisotopic (exact) mass is 278 g/mol. The van der Waals surface area contributed by atoms with Crippen LogP contribution < -0.4 is 0 Å². The van der Waals surface area contributed by atoms with E-state index >= 15 is 0 Å². The molecule has 0 spiro atoms. The first-order chi connectivity index (χ1) is 8.97. The Balaban J connectivity index is 2.22. The highest BCUT2D eigenvalue weighted by Crippen LogP contribution is 2.28. The molecule has 1 nitrogen and oxygen atoms in total. The summed E-state index contributed by atoms with van der Waals surface area (Å²) in [5.74, 6) is -0.351. The van der Waals surface area contributed by atoms with E-state index in [1.54, 1.807) is 13.0 Å². The zero-order chi connectivity index (χ0) is 14.0. The molecule has 1 atom stereocenters. The molecule has 0 fully saturated rings. The maximum Gasteiger partial charge on any atom is 0.127 e. The Morgan fingerprint density at radius 1 is 1.16 bits per heavy atom. The number of benzene rings is 2. The van der Waals surface area contributed by atoms with Crippen LogP contribution in [0.15, 0.2) is 36.4 Å². The van der Waals surface area contributed by atoms with Crippen molar-refractivity contribution in [3.05, 3.63) is 69.5 Å². The van der Waals surface area contributed by atoms with E-state index in [-0.39, 0.29) is 10.8 Å². The van der Waals surface area contributed by atoms with Crippen LogP contribution in [0, 0.1) is 19.7 Å². The highest BCUT2D eigenvalue weighted by molar-refractivity contribution is 6.31. The quantitative estimate of drug-likeness (QED) is 0.884. The summed E-state index contributed by atoms with van der Waals surface area (Å²) in [7, 11) is 0. The van der Waals surface area contributed by atoms with Crippen LogP contribution in [0.25, 0.3) is 0 Å². The third kappa shape index (κ3) is 3.34. The minimum atomic E-state index is -0.727. The second-order valence-corrected chi connectivity index (χ2v) is 5.24. The van der Waals surface area contributed by atoms with E-state index in [0.717, 1.165) is 5.56 Å². The smallest absolute Gasteiger partial charge is 0.127 e. The fourth-order valence-corrected chi connectivity index (χ4v) is 2.27. The van der Waals surface area contributed by atoms with E-state index in [0.29, 0.717) is 17.5 Å². The van der Waals surface area contributed by atoms with E-state index in [1.807, 2.05) is 31.2 Å². The van der Waals surface area contributed by atoms with Gasteiger partial charge in [-0.1, -0.05) is 41.4 Å². The number of halogens is 2. The topological polar surface area (TPSA) is 20.2 Å². The summed E-state index contributed by atoms with van der Waals surface area (Å²) in [4.78, 5) is 0. The maximum absolute atomic E-state index is 13.3. The van der Waals surface area contributed by atoms with Crippen molar-refractivity contribution in [2.24, 2.45) is 0 Å². The Morgan fingerprint density at radius 3 is 2.42 bits per heavy atom. The fraction of sp³-hybridized carbons (Fsp3) is 0.250. The van der Waals surface area contributed by atoms with Crippen molar-refractivity contribution in [2.45, 2.75) is 26.4 Å². The predicted octanol–water partition coefficient (Wildman–Crippen LogP) is 4.37. The standard InChI is InChI=1S/C16H16ClFO/c1-10-3-5-12(6-4-10)8-16(19)13-7-11(2)15(18)9-14(13)17/h3-7,9,16,19H,8H2,1-2H3. The summed E-state index contributed by atoms with van der Waals surface area (Å²) in [6, 6.07) is 10.8.